The molecule has 2 rings (SSSR count). The minimum atomic E-state index is 0.710. The molecule has 1 aromatic heterocycles. The Morgan fingerprint density at radius 1 is 1.15 bits per heavy atom. The zero-order valence-electron chi connectivity index (χ0n) is 6.67. The molecule has 0 unspecified atom stereocenters. The number of hydrogen-bond acceptors (Lipinski definition) is 1. The van der Waals surface area contributed by atoms with Crippen LogP contribution in [0.25, 0.3) is 11.1 Å². The second-order valence-electron chi connectivity index (χ2n) is 2.66. The average Bonchev–Trinajstić information content (AvgIpc) is 2.53. The second-order valence-corrected chi connectivity index (χ2v) is 3.51. The Morgan fingerprint density at radius 3 is 2.38 bits per heavy atom. The highest BCUT2D eigenvalue weighted by Crippen LogP contribution is 2.20. The normalized spacial score (nSPS) is 10.2. The predicted octanol–water partition coefficient (Wildman–Crippen LogP) is 3.39. The van der Waals surface area contributed by atoms with Gasteiger partial charge < -0.3 is 5.10 Å². The van der Waals surface area contributed by atoms with E-state index in [-0.39, 0.29) is 0 Å². The third-order valence-electron chi connectivity index (χ3n) is 1.80. The summed E-state index contributed by atoms with van der Waals surface area (Å²) in [6.07, 6.45) is 1.84. The smallest absolute Gasteiger partial charge is 0.127 e. The van der Waals surface area contributed by atoms with Crippen molar-refractivity contribution in [1.29, 1.82) is 0 Å². The summed E-state index contributed by atoms with van der Waals surface area (Å²) in [6.45, 7) is 0. The van der Waals surface area contributed by atoms with E-state index in [0.717, 1.165) is 16.1 Å². The summed E-state index contributed by atoms with van der Waals surface area (Å²) >= 11 is 10.9. The molecule has 4 heteroatoms. The first kappa shape index (κ1) is 8.53. The lowest BCUT2D eigenvalue weighted by Crippen LogP contribution is -1.73. The highest BCUT2D eigenvalue weighted by molar-refractivity contribution is 7.71. The predicted molar refractivity (Wildman–Crippen MR) is 56.4 cm³/mol. The van der Waals surface area contributed by atoms with E-state index in [1.54, 1.807) is 0 Å². The fourth-order valence-corrected chi connectivity index (χ4v) is 1.51. The number of halogens is 1. The van der Waals surface area contributed by atoms with Crippen LogP contribution < -0.4 is 0 Å². The summed E-state index contributed by atoms with van der Waals surface area (Å²) in [4.78, 5) is 0. The van der Waals surface area contributed by atoms with Crippen LogP contribution in [0.1, 0.15) is 0 Å². The maximum atomic E-state index is 5.77. The lowest BCUT2D eigenvalue weighted by Gasteiger charge is -1.95. The van der Waals surface area contributed by atoms with Crippen LogP contribution in [0.5, 0.6) is 0 Å². The van der Waals surface area contributed by atoms with Crippen LogP contribution in [0.4, 0.5) is 0 Å². The zero-order chi connectivity index (χ0) is 9.26. The fourth-order valence-electron chi connectivity index (χ4n) is 1.15. The first-order chi connectivity index (χ1) is 6.27. The fraction of sp³-hybridized carbons (Fsp3) is 0. The number of benzene rings is 1. The van der Waals surface area contributed by atoms with Gasteiger partial charge in [-0.2, -0.15) is 0 Å². The number of aromatic nitrogens is 2. The molecule has 0 bridgehead atoms. The summed E-state index contributed by atoms with van der Waals surface area (Å²) < 4.78 is 0.710. The molecular weight excluding hydrogens is 204 g/mol. The van der Waals surface area contributed by atoms with Crippen molar-refractivity contribution in [2.24, 2.45) is 0 Å². The summed E-state index contributed by atoms with van der Waals surface area (Å²) in [6, 6.07) is 7.57. The Bertz CT molecular complexity index is 455. The lowest BCUT2D eigenvalue weighted by atomic mass is 10.1. The topological polar surface area (TPSA) is 31.6 Å². The molecule has 0 radical (unpaired) electrons. The highest BCUT2D eigenvalue weighted by Gasteiger charge is 1.99. The van der Waals surface area contributed by atoms with E-state index in [0.29, 0.717) is 4.64 Å². The number of hydrogen-bond donors (Lipinski definition) is 2. The molecule has 1 heterocycles. The molecule has 0 aliphatic carbocycles. The first-order valence-electron chi connectivity index (χ1n) is 3.79. The standard InChI is InChI=1S/C9H7ClN2S/c10-7-3-1-6(2-4-7)8-5-11-12-9(8)13/h1-5H,(H2,11,12,13). The van der Waals surface area contributed by atoms with Gasteiger partial charge in [-0.15, -0.1) is 0 Å². The van der Waals surface area contributed by atoms with E-state index in [4.69, 9.17) is 23.8 Å². The van der Waals surface area contributed by atoms with Crippen molar-refractivity contribution >= 4 is 23.8 Å². The molecule has 2 nitrogen and oxygen atoms in total. The molecule has 1 aromatic carbocycles. The summed E-state index contributed by atoms with van der Waals surface area (Å²) in [5, 5.41) is 6.42. The highest BCUT2D eigenvalue weighted by atomic mass is 35.5. The largest absolute Gasteiger partial charge is 0.307 e. The van der Waals surface area contributed by atoms with Crippen LogP contribution in [0.15, 0.2) is 30.5 Å². The summed E-state index contributed by atoms with van der Waals surface area (Å²) in [5.41, 5.74) is 2.05. The van der Waals surface area contributed by atoms with Crippen LogP contribution in [-0.4, -0.2) is 10.2 Å². The quantitative estimate of drug-likeness (QED) is 0.695. The van der Waals surface area contributed by atoms with Crippen molar-refractivity contribution in [3.63, 3.8) is 0 Å². The van der Waals surface area contributed by atoms with Crippen molar-refractivity contribution < 1.29 is 0 Å². The van der Waals surface area contributed by atoms with E-state index in [1.165, 1.54) is 0 Å². The summed E-state index contributed by atoms with van der Waals surface area (Å²) in [5.74, 6) is 0. The Hall–Kier alpha value is -1.06. The Morgan fingerprint density at radius 2 is 1.85 bits per heavy atom. The van der Waals surface area contributed by atoms with E-state index in [9.17, 15) is 0 Å². The van der Waals surface area contributed by atoms with Gasteiger partial charge in [0.25, 0.3) is 0 Å². The van der Waals surface area contributed by atoms with Crippen molar-refractivity contribution in [1.82, 2.24) is 10.2 Å². The number of aromatic amines is 2. The van der Waals surface area contributed by atoms with Crippen molar-refractivity contribution in [3.8, 4) is 11.1 Å². The molecule has 0 aliphatic heterocycles. The van der Waals surface area contributed by atoms with Crippen molar-refractivity contribution in [3.05, 3.63) is 40.1 Å². The molecule has 0 fully saturated rings. The van der Waals surface area contributed by atoms with Gasteiger partial charge in [0.15, 0.2) is 0 Å². The maximum Gasteiger partial charge on any atom is 0.127 e. The Kier molecular flexibility index (Phi) is 2.20. The molecule has 0 amide bonds. The van der Waals surface area contributed by atoms with Gasteiger partial charge in [0.1, 0.15) is 4.64 Å². The molecule has 0 saturated heterocycles. The molecular formula is C9H7ClN2S. The third kappa shape index (κ3) is 1.66. The lowest BCUT2D eigenvalue weighted by molar-refractivity contribution is 1.08. The SMILES string of the molecule is S=c1[nH][nH]cc1-c1ccc(Cl)cc1. The first-order valence-corrected chi connectivity index (χ1v) is 4.58. The number of H-pyrrole nitrogens is 2. The number of rotatable bonds is 1. The van der Waals surface area contributed by atoms with Gasteiger partial charge in [0.2, 0.25) is 0 Å². The molecule has 66 valence electrons. The molecule has 0 atom stereocenters. The van der Waals surface area contributed by atoms with Crippen molar-refractivity contribution in [2.45, 2.75) is 0 Å². The molecule has 0 saturated carbocycles. The van der Waals surface area contributed by atoms with Crippen LogP contribution in [0.2, 0.25) is 5.02 Å². The number of nitrogens with one attached hydrogen (secondary N) is 2. The second kappa shape index (κ2) is 3.36. The van der Waals surface area contributed by atoms with E-state index in [1.807, 2.05) is 30.5 Å². The molecule has 0 aliphatic rings. The molecule has 2 N–H and O–H groups in total. The Labute approximate surface area is 85.5 Å². The summed E-state index contributed by atoms with van der Waals surface area (Å²) in [7, 11) is 0. The van der Waals surface area contributed by atoms with Crippen LogP contribution in [0, 0.1) is 4.64 Å². The van der Waals surface area contributed by atoms with Crippen LogP contribution >= 0.6 is 23.8 Å². The van der Waals surface area contributed by atoms with Crippen molar-refractivity contribution in [2.75, 3.05) is 0 Å². The van der Waals surface area contributed by atoms with E-state index < -0.39 is 0 Å². The van der Waals surface area contributed by atoms with Gasteiger partial charge in [0, 0.05) is 16.8 Å². The maximum absolute atomic E-state index is 5.77. The van der Waals surface area contributed by atoms with Crippen LogP contribution in [-0.2, 0) is 0 Å². The van der Waals surface area contributed by atoms with E-state index in [2.05, 4.69) is 10.2 Å². The monoisotopic (exact) mass is 210 g/mol. The molecule has 2 aromatic rings. The third-order valence-corrected chi connectivity index (χ3v) is 2.38. The average molecular weight is 211 g/mol. The minimum absolute atomic E-state index is 0.710. The van der Waals surface area contributed by atoms with E-state index >= 15 is 0 Å². The van der Waals surface area contributed by atoms with Gasteiger partial charge in [-0.3, -0.25) is 5.10 Å². The van der Waals surface area contributed by atoms with Gasteiger partial charge in [-0.25, -0.2) is 0 Å². The molecule has 13 heavy (non-hydrogen) atoms. The van der Waals surface area contributed by atoms with Gasteiger partial charge in [-0.1, -0.05) is 36.0 Å². The van der Waals surface area contributed by atoms with Gasteiger partial charge >= 0.3 is 0 Å². The Balaban J connectivity index is 2.54. The minimum Gasteiger partial charge on any atom is -0.307 e. The van der Waals surface area contributed by atoms with Crippen LogP contribution in [0.3, 0.4) is 0 Å². The van der Waals surface area contributed by atoms with Gasteiger partial charge in [0.05, 0.1) is 0 Å². The zero-order valence-corrected chi connectivity index (χ0v) is 8.25. The molecule has 0 spiro atoms. The van der Waals surface area contributed by atoms with Gasteiger partial charge in [-0.05, 0) is 17.7 Å².